The van der Waals surface area contributed by atoms with Gasteiger partial charge in [-0.2, -0.15) is 0 Å². The third kappa shape index (κ3) is 7.84. The van der Waals surface area contributed by atoms with Crippen LogP contribution in [0.3, 0.4) is 0 Å². The van der Waals surface area contributed by atoms with Gasteiger partial charge in [-0.3, -0.25) is 9.59 Å². The van der Waals surface area contributed by atoms with Crippen molar-refractivity contribution in [1.82, 2.24) is 10.2 Å². The summed E-state index contributed by atoms with van der Waals surface area (Å²) >= 11 is 3.53. The van der Waals surface area contributed by atoms with Crippen LogP contribution in [0.1, 0.15) is 43.0 Å². The molecule has 2 amide bonds. The molecule has 1 atom stereocenters. The summed E-state index contributed by atoms with van der Waals surface area (Å²) in [7, 11) is 0. The third-order valence-corrected chi connectivity index (χ3v) is 5.94. The van der Waals surface area contributed by atoms with Gasteiger partial charge in [0, 0.05) is 23.0 Å². The molecule has 0 saturated carbocycles. The third-order valence-electron chi connectivity index (χ3n) is 5.45. The normalized spacial score (nSPS) is 12.1. The van der Waals surface area contributed by atoms with E-state index in [0.717, 1.165) is 26.7 Å². The molecule has 0 fully saturated rings. The number of nitrogens with zero attached hydrogens (tertiary/aromatic N) is 1. The smallest absolute Gasteiger partial charge is 0.243 e. The Morgan fingerprint density at radius 1 is 0.882 bits per heavy atom. The Morgan fingerprint density at radius 2 is 1.53 bits per heavy atom. The average molecular weight is 521 g/mol. The number of hydrogen-bond donors (Lipinski definition) is 1. The van der Waals surface area contributed by atoms with E-state index in [4.69, 9.17) is 0 Å². The number of aryl methyl sites for hydroxylation is 1. The fourth-order valence-electron chi connectivity index (χ4n) is 3.94. The monoisotopic (exact) mass is 520 g/mol. The van der Waals surface area contributed by atoms with Crippen molar-refractivity contribution in [2.75, 3.05) is 0 Å². The van der Waals surface area contributed by atoms with Crippen LogP contribution >= 0.6 is 15.9 Å². The number of benzene rings is 3. The molecule has 3 aromatic rings. The minimum absolute atomic E-state index is 0.0736. The Bertz CT molecular complexity index is 1120. The maximum atomic E-state index is 13.7. The van der Waals surface area contributed by atoms with E-state index in [1.54, 1.807) is 4.90 Å². The lowest BCUT2D eigenvalue weighted by Crippen LogP contribution is -2.54. The van der Waals surface area contributed by atoms with Crippen LogP contribution < -0.4 is 5.32 Å². The highest BCUT2D eigenvalue weighted by molar-refractivity contribution is 9.10. The molecular weight excluding hydrogens is 488 g/mol. The molecule has 0 saturated heterocycles. The molecule has 0 aliphatic heterocycles. The van der Waals surface area contributed by atoms with E-state index in [2.05, 4.69) is 21.2 Å². The molecular formula is C29H33BrN2O2. The second kappa shape index (κ2) is 11.5. The van der Waals surface area contributed by atoms with Crippen molar-refractivity contribution in [3.05, 3.63) is 106 Å². The quantitative estimate of drug-likeness (QED) is 0.404. The Kier molecular flexibility index (Phi) is 8.67. The zero-order valence-corrected chi connectivity index (χ0v) is 21.9. The van der Waals surface area contributed by atoms with Crippen LogP contribution in [0.5, 0.6) is 0 Å². The van der Waals surface area contributed by atoms with Crippen LogP contribution in [0.2, 0.25) is 0 Å². The van der Waals surface area contributed by atoms with Gasteiger partial charge in [0.1, 0.15) is 6.04 Å². The number of carbonyl (C=O) groups is 2. The molecule has 0 aliphatic carbocycles. The lowest BCUT2D eigenvalue weighted by atomic mass is 9.99. The van der Waals surface area contributed by atoms with Crippen LogP contribution in [0, 0.1) is 6.92 Å². The molecule has 3 aromatic carbocycles. The number of carbonyl (C=O) groups excluding carboxylic acids is 2. The van der Waals surface area contributed by atoms with Crippen LogP contribution in [0.4, 0.5) is 0 Å². The van der Waals surface area contributed by atoms with Gasteiger partial charge in [0.15, 0.2) is 0 Å². The largest absolute Gasteiger partial charge is 0.350 e. The van der Waals surface area contributed by atoms with Gasteiger partial charge in [0.2, 0.25) is 11.8 Å². The number of halogens is 1. The standard InChI is InChI=1S/C29H33BrN2O2/c1-21-10-8-13-23(16-21)19-27(33)32(20-24-14-9-15-25(30)17-24)26(28(34)31-29(2,3)4)18-22-11-6-5-7-12-22/h5-17,26H,18-20H2,1-4H3,(H,31,34)/t26-/m0/s1. The molecule has 1 N–H and O–H groups in total. The maximum Gasteiger partial charge on any atom is 0.243 e. The molecule has 0 unspecified atom stereocenters. The zero-order valence-electron chi connectivity index (χ0n) is 20.3. The zero-order chi connectivity index (χ0) is 24.7. The molecule has 4 nitrogen and oxygen atoms in total. The van der Waals surface area contributed by atoms with Gasteiger partial charge < -0.3 is 10.2 Å². The van der Waals surface area contributed by atoms with Gasteiger partial charge in [-0.1, -0.05) is 88.2 Å². The van der Waals surface area contributed by atoms with Crippen molar-refractivity contribution in [2.24, 2.45) is 0 Å². The van der Waals surface area contributed by atoms with E-state index in [1.807, 2.05) is 107 Å². The molecule has 0 heterocycles. The summed E-state index contributed by atoms with van der Waals surface area (Å²) in [5.41, 5.74) is 3.62. The summed E-state index contributed by atoms with van der Waals surface area (Å²) in [5, 5.41) is 3.10. The number of hydrogen-bond acceptors (Lipinski definition) is 2. The first-order chi connectivity index (χ1) is 16.1. The second-order valence-electron chi connectivity index (χ2n) is 9.76. The van der Waals surface area contributed by atoms with E-state index in [1.165, 1.54) is 0 Å². The molecule has 0 radical (unpaired) electrons. The first-order valence-corrected chi connectivity index (χ1v) is 12.4. The number of nitrogens with one attached hydrogen (secondary N) is 1. The fourth-order valence-corrected chi connectivity index (χ4v) is 4.38. The number of rotatable bonds is 8. The van der Waals surface area contributed by atoms with Crippen LogP contribution in [0.25, 0.3) is 0 Å². The van der Waals surface area contributed by atoms with Gasteiger partial charge in [-0.15, -0.1) is 0 Å². The Morgan fingerprint density at radius 3 is 2.18 bits per heavy atom. The van der Waals surface area contributed by atoms with Gasteiger partial charge in [0.05, 0.1) is 6.42 Å². The predicted molar refractivity (Wildman–Crippen MR) is 141 cm³/mol. The van der Waals surface area contributed by atoms with Crippen LogP contribution in [-0.2, 0) is 29.0 Å². The van der Waals surface area contributed by atoms with Crippen LogP contribution in [-0.4, -0.2) is 28.3 Å². The highest BCUT2D eigenvalue weighted by atomic mass is 79.9. The first-order valence-electron chi connectivity index (χ1n) is 11.6. The molecule has 0 aliphatic rings. The number of amides is 2. The first kappa shape index (κ1) is 25.7. The van der Waals surface area contributed by atoms with Crippen molar-refractivity contribution in [3.8, 4) is 0 Å². The Labute approximate surface area is 211 Å². The minimum Gasteiger partial charge on any atom is -0.350 e. The van der Waals surface area contributed by atoms with Gasteiger partial charge in [-0.25, -0.2) is 0 Å². The molecule has 3 rings (SSSR count). The molecule has 34 heavy (non-hydrogen) atoms. The molecule has 0 bridgehead atoms. The lowest BCUT2D eigenvalue weighted by Gasteiger charge is -2.34. The molecule has 0 spiro atoms. The van der Waals surface area contributed by atoms with E-state index >= 15 is 0 Å². The van der Waals surface area contributed by atoms with Crippen molar-refractivity contribution in [3.63, 3.8) is 0 Å². The lowest BCUT2D eigenvalue weighted by molar-refractivity contribution is -0.141. The highest BCUT2D eigenvalue weighted by Gasteiger charge is 2.32. The summed E-state index contributed by atoms with van der Waals surface area (Å²) in [6.07, 6.45) is 0.681. The van der Waals surface area contributed by atoms with E-state index in [9.17, 15) is 9.59 Å². The summed E-state index contributed by atoms with van der Waals surface area (Å²) in [4.78, 5) is 29.0. The summed E-state index contributed by atoms with van der Waals surface area (Å²) in [6, 6.07) is 25.1. The van der Waals surface area contributed by atoms with Crippen LogP contribution in [0.15, 0.2) is 83.3 Å². The van der Waals surface area contributed by atoms with Crippen molar-refractivity contribution < 1.29 is 9.59 Å². The molecule has 0 aromatic heterocycles. The average Bonchev–Trinajstić information content (AvgIpc) is 2.75. The molecule has 5 heteroatoms. The summed E-state index contributed by atoms with van der Waals surface area (Å²) in [6.45, 7) is 8.23. The Hall–Kier alpha value is -2.92. The van der Waals surface area contributed by atoms with Crippen molar-refractivity contribution >= 4 is 27.7 Å². The van der Waals surface area contributed by atoms with Crippen molar-refractivity contribution in [1.29, 1.82) is 0 Å². The SMILES string of the molecule is Cc1cccc(CC(=O)N(Cc2cccc(Br)c2)[C@@H](Cc2ccccc2)C(=O)NC(C)(C)C)c1. The van der Waals surface area contributed by atoms with Gasteiger partial charge >= 0.3 is 0 Å². The predicted octanol–water partition coefficient (Wildman–Crippen LogP) is 5.85. The van der Waals surface area contributed by atoms with Gasteiger partial charge in [0.25, 0.3) is 0 Å². The summed E-state index contributed by atoms with van der Waals surface area (Å²) < 4.78 is 0.940. The van der Waals surface area contributed by atoms with E-state index < -0.39 is 11.6 Å². The van der Waals surface area contributed by atoms with Crippen molar-refractivity contribution in [2.45, 2.75) is 58.7 Å². The Balaban J connectivity index is 1.99. The van der Waals surface area contributed by atoms with Gasteiger partial charge in [-0.05, 0) is 56.5 Å². The molecule has 178 valence electrons. The highest BCUT2D eigenvalue weighted by Crippen LogP contribution is 2.20. The topological polar surface area (TPSA) is 49.4 Å². The fraction of sp³-hybridized carbons (Fsp3) is 0.310. The van der Waals surface area contributed by atoms with E-state index in [0.29, 0.717) is 13.0 Å². The summed E-state index contributed by atoms with van der Waals surface area (Å²) in [5.74, 6) is -0.223. The maximum absolute atomic E-state index is 13.7. The second-order valence-corrected chi connectivity index (χ2v) is 10.7. The van der Waals surface area contributed by atoms with E-state index in [-0.39, 0.29) is 18.2 Å². The minimum atomic E-state index is -0.641.